The maximum Gasteiger partial charge on any atom is 0.204 e. The van der Waals surface area contributed by atoms with Gasteiger partial charge in [-0.25, -0.2) is 0 Å². The highest BCUT2D eigenvalue weighted by Crippen LogP contribution is 2.32. The van der Waals surface area contributed by atoms with E-state index in [0.29, 0.717) is 5.76 Å². The largest absolute Gasteiger partial charge is 0.445 e. The molecule has 2 heterocycles. The van der Waals surface area contributed by atoms with Crippen molar-refractivity contribution in [1.29, 1.82) is 5.26 Å². The van der Waals surface area contributed by atoms with Crippen molar-refractivity contribution in [2.45, 2.75) is 0 Å². The number of rotatable bonds is 1. The molecule has 0 fully saturated rings. The van der Waals surface area contributed by atoms with Crippen molar-refractivity contribution in [3.8, 4) is 16.7 Å². The minimum Gasteiger partial charge on any atom is -0.445 e. The van der Waals surface area contributed by atoms with Gasteiger partial charge in [0.1, 0.15) is 11.8 Å². The number of hydrogen-bond donors (Lipinski definition) is 0. The Morgan fingerprint density at radius 3 is 2.69 bits per heavy atom. The summed E-state index contributed by atoms with van der Waals surface area (Å²) in [6.07, 6.45) is 0. The van der Waals surface area contributed by atoms with Gasteiger partial charge in [0.15, 0.2) is 0 Å². The Bertz CT molecular complexity index is 466. The Morgan fingerprint density at radius 2 is 2.15 bits per heavy atom. The molecule has 0 N–H and O–H groups in total. The summed E-state index contributed by atoms with van der Waals surface area (Å²) < 4.78 is 6.31. The van der Waals surface area contributed by atoms with Gasteiger partial charge < -0.3 is 4.42 Å². The van der Waals surface area contributed by atoms with Gasteiger partial charge >= 0.3 is 0 Å². The molecule has 0 bridgehead atoms. The maximum atomic E-state index is 8.55. The van der Waals surface area contributed by atoms with E-state index in [2.05, 4.69) is 15.9 Å². The van der Waals surface area contributed by atoms with Crippen LogP contribution in [0.2, 0.25) is 0 Å². The smallest absolute Gasteiger partial charge is 0.204 e. The van der Waals surface area contributed by atoms with Crippen molar-refractivity contribution in [2.75, 3.05) is 0 Å². The third kappa shape index (κ3) is 1.67. The van der Waals surface area contributed by atoms with Crippen LogP contribution >= 0.6 is 27.3 Å². The van der Waals surface area contributed by atoms with Gasteiger partial charge in [-0.2, -0.15) is 5.26 Å². The molecule has 0 amide bonds. The molecule has 0 saturated heterocycles. The predicted molar refractivity (Wildman–Crippen MR) is 54.4 cm³/mol. The first-order chi connectivity index (χ1) is 6.29. The van der Waals surface area contributed by atoms with Crippen molar-refractivity contribution in [1.82, 2.24) is 0 Å². The third-order valence-corrected chi connectivity index (χ3v) is 3.17. The van der Waals surface area contributed by atoms with Gasteiger partial charge in [0.05, 0.1) is 8.66 Å². The zero-order chi connectivity index (χ0) is 9.26. The summed E-state index contributed by atoms with van der Waals surface area (Å²) in [7, 11) is 0. The summed E-state index contributed by atoms with van der Waals surface area (Å²) in [5.41, 5.74) is 0. The van der Waals surface area contributed by atoms with E-state index in [1.54, 1.807) is 23.5 Å². The maximum absolute atomic E-state index is 8.55. The number of furan rings is 1. The lowest BCUT2D eigenvalue weighted by atomic mass is 10.4. The molecule has 0 saturated carbocycles. The first kappa shape index (κ1) is 8.54. The second-order valence-electron chi connectivity index (χ2n) is 2.38. The summed E-state index contributed by atoms with van der Waals surface area (Å²) in [6.45, 7) is 0. The minimum atomic E-state index is 0.347. The monoisotopic (exact) mass is 253 g/mol. The van der Waals surface area contributed by atoms with E-state index in [9.17, 15) is 0 Å². The fourth-order valence-electron chi connectivity index (χ4n) is 0.977. The average molecular weight is 254 g/mol. The second kappa shape index (κ2) is 3.36. The number of halogens is 1. The van der Waals surface area contributed by atoms with Crippen LogP contribution < -0.4 is 0 Å². The van der Waals surface area contributed by atoms with E-state index >= 15 is 0 Å². The van der Waals surface area contributed by atoms with E-state index in [0.717, 1.165) is 14.4 Å². The first-order valence-corrected chi connectivity index (χ1v) is 5.16. The van der Waals surface area contributed by atoms with Gasteiger partial charge in [0.25, 0.3) is 0 Å². The average Bonchev–Trinajstić information content (AvgIpc) is 2.71. The van der Waals surface area contributed by atoms with Crippen LogP contribution in [-0.2, 0) is 0 Å². The quantitative estimate of drug-likeness (QED) is 0.778. The minimum absolute atomic E-state index is 0.347. The van der Waals surface area contributed by atoms with Crippen LogP contribution in [0.4, 0.5) is 0 Å². The van der Waals surface area contributed by atoms with Crippen molar-refractivity contribution < 1.29 is 4.42 Å². The molecule has 13 heavy (non-hydrogen) atoms. The zero-order valence-corrected chi connectivity index (χ0v) is 8.85. The van der Waals surface area contributed by atoms with Crippen molar-refractivity contribution in [3.05, 3.63) is 33.8 Å². The highest BCUT2D eigenvalue weighted by atomic mass is 79.9. The molecule has 0 unspecified atom stereocenters. The van der Waals surface area contributed by atoms with Crippen molar-refractivity contribution in [2.24, 2.45) is 0 Å². The fraction of sp³-hybridized carbons (Fsp3) is 0. The molecular formula is C9H4BrNOS. The Balaban J connectivity index is 2.42. The van der Waals surface area contributed by atoms with Gasteiger partial charge in [0, 0.05) is 0 Å². The predicted octanol–water partition coefficient (Wildman–Crippen LogP) is 3.64. The van der Waals surface area contributed by atoms with Gasteiger partial charge in [-0.3, -0.25) is 0 Å². The van der Waals surface area contributed by atoms with Gasteiger partial charge in [-0.05, 0) is 40.2 Å². The molecule has 64 valence electrons. The molecule has 2 nitrogen and oxygen atoms in total. The summed E-state index contributed by atoms with van der Waals surface area (Å²) >= 11 is 4.94. The van der Waals surface area contributed by atoms with Crippen LogP contribution in [0.25, 0.3) is 10.6 Å². The van der Waals surface area contributed by atoms with Crippen molar-refractivity contribution in [3.63, 3.8) is 0 Å². The SMILES string of the molecule is N#Cc1ccc(-c2ccc(Br)s2)o1. The Hall–Kier alpha value is -1.05. The molecule has 0 radical (unpaired) electrons. The fourth-order valence-corrected chi connectivity index (χ4v) is 2.33. The highest BCUT2D eigenvalue weighted by Gasteiger charge is 2.05. The van der Waals surface area contributed by atoms with Gasteiger partial charge in [-0.1, -0.05) is 0 Å². The summed E-state index contributed by atoms with van der Waals surface area (Å²) in [6, 6.07) is 9.33. The number of hydrogen-bond acceptors (Lipinski definition) is 3. The summed E-state index contributed by atoms with van der Waals surface area (Å²) in [5.74, 6) is 1.09. The van der Waals surface area contributed by atoms with E-state index in [1.807, 2.05) is 18.2 Å². The number of nitrogens with zero attached hydrogens (tertiary/aromatic N) is 1. The first-order valence-electron chi connectivity index (χ1n) is 3.55. The Morgan fingerprint density at radius 1 is 1.31 bits per heavy atom. The number of thiophene rings is 1. The number of nitriles is 1. The van der Waals surface area contributed by atoms with E-state index < -0.39 is 0 Å². The van der Waals surface area contributed by atoms with Crippen LogP contribution in [0, 0.1) is 11.3 Å². The second-order valence-corrected chi connectivity index (χ2v) is 4.84. The van der Waals surface area contributed by atoms with Crippen LogP contribution in [-0.4, -0.2) is 0 Å². The third-order valence-electron chi connectivity index (χ3n) is 1.53. The molecule has 0 aliphatic heterocycles. The Labute approximate surface area is 87.5 Å². The molecule has 2 rings (SSSR count). The lowest BCUT2D eigenvalue weighted by Crippen LogP contribution is -1.62. The Kier molecular flexibility index (Phi) is 2.21. The highest BCUT2D eigenvalue weighted by molar-refractivity contribution is 9.11. The molecule has 0 aliphatic rings. The molecular weight excluding hydrogens is 250 g/mol. The van der Waals surface area contributed by atoms with E-state index in [4.69, 9.17) is 9.68 Å². The summed E-state index contributed by atoms with van der Waals surface area (Å²) in [5, 5.41) is 8.55. The van der Waals surface area contributed by atoms with Crippen molar-refractivity contribution >= 4 is 27.3 Å². The zero-order valence-electron chi connectivity index (χ0n) is 6.45. The normalized spacial score (nSPS) is 9.85. The van der Waals surface area contributed by atoms with Crippen LogP contribution in [0.15, 0.2) is 32.5 Å². The van der Waals surface area contributed by atoms with Crippen LogP contribution in [0.5, 0.6) is 0 Å². The molecule has 2 aromatic rings. The topological polar surface area (TPSA) is 36.9 Å². The lowest BCUT2D eigenvalue weighted by Gasteiger charge is -1.86. The summed E-state index contributed by atoms with van der Waals surface area (Å²) in [4.78, 5) is 1.02. The lowest BCUT2D eigenvalue weighted by molar-refractivity contribution is 0.569. The van der Waals surface area contributed by atoms with Gasteiger partial charge in [-0.15, -0.1) is 11.3 Å². The molecule has 0 aromatic carbocycles. The molecule has 0 atom stereocenters. The molecule has 2 aromatic heterocycles. The molecule has 0 aliphatic carbocycles. The standard InChI is InChI=1S/C9H4BrNOS/c10-9-4-3-8(13-9)7-2-1-6(5-11)12-7/h1-4H. The van der Waals surface area contributed by atoms with Crippen LogP contribution in [0.3, 0.4) is 0 Å². The van der Waals surface area contributed by atoms with E-state index in [-0.39, 0.29) is 0 Å². The van der Waals surface area contributed by atoms with E-state index in [1.165, 1.54) is 0 Å². The van der Waals surface area contributed by atoms with Crippen LogP contribution in [0.1, 0.15) is 5.76 Å². The van der Waals surface area contributed by atoms with Gasteiger partial charge in [0.2, 0.25) is 5.76 Å². The molecule has 0 spiro atoms. The molecule has 4 heteroatoms.